The molecule has 1 heteroatoms. The minimum Gasteiger partial charge on any atom is -0.361 e. The van der Waals surface area contributed by atoms with Crippen molar-refractivity contribution in [3.63, 3.8) is 0 Å². The Morgan fingerprint density at radius 2 is 1.89 bits per heavy atom. The molecule has 1 N–H and O–H groups in total. The molecule has 2 rings (SSSR count). The highest BCUT2D eigenvalue weighted by atomic mass is 14.7. The molecular formula is C18H23N. The molecule has 19 heavy (non-hydrogen) atoms. The number of hydrogen-bond donors (Lipinski definition) is 1. The van der Waals surface area contributed by atoms with Gasteiger partial charge < -0.3 is 4.98 Å². The molecule has 0 aliphatic carbocycles. The molecule has 0 bridgehead atoms. The Balaban J connectivity index is 1.99. The second-order valence-corrected chi connectivity index (χ2v) is 5.43. The molecule has 0 aliphatic rings. The van der Waals surface area contributed by atoms with Crippen molar-refractivity contribution in [1.82, 2.24) is 4.98 Å². The average Bonchev–Trinajstić information content (AvgIpc) is 2.79. The number of fused-ring (bicyclic) bond motifs is 1. The summed E-state index contributed by atoms with van der Waals surface area (Å²) in [6.45, 7) is 6.55. The number of H-pyrrole nitrogens is 1. The molecule has 0 amide bonds. The van der Waals surface area contributed by atoms with Gasteiger partial charge in [-0.1, -0.05) is 41.5 Å². The highest BCUT2D eigenvalue weighted by Gasteiger charge is 2.00. The van der Waals surface area contributed by atoms with E-state index in [1.807, 2.05) is 0 Å². The summed E-state index contributed by atoms with van der Waals surface area (Å²) in [5, 5.41) is 1.34. The predicted molar refractivity (Wildman–Crippen MR) is 84.4 cm³/mol. The van der Waals surface area contributed by atoms with E-state index in [9.17, 15) is 0 Å². The molecule has 0 unspecified atom stereocenters. The zero-order valence-corrected chi connectivity index (χ0v) is 12.2. The maximum atomic E-state index is 3.33. The summed E-state index contributed by atoms with van der Waals surface area (Å²) < 4.78 is 0. The summed E-state index contributed by atoms with van der Waals surface area (Å²) in [5.74, 6) is 0. The van der Waals surface area contributed by atoms with Crippen LogP contribution in [0.1, 0.15) is 39.2 Å². The second-order valence-electron chi connectivity index (χ2n) is 5.43. The molecule has 0 saturated carbocycles. The van der Waals surface area contributed by atoms with Gasteiger partial charge in [-0.2, -0.15) is 0 Å². The molecule has 0 radical (unpaired) electrons. The first-order chi connectivity index (χ1) is 9.16. The minimum atomic E-state index is 1.02. The molecule has 0 spiro atoms. The molecule has 0 atom stereocenters. The number of nitrogens with one attached hydrogen (secondary N) is 1. The van der Waals surface area contributed by atoms with Crippen LogP contribution < -0.4 is 0 Å². The smallest absolute Gasteiger partial charge is 0.0456 e. The van der Waals surface area contributed by atoms with Gasteiger partial charge in [0.15, 0.2) is 0 Å². The van der Waals surface area contributed by atoms with Gasteiger partial charge in [0.2, 0.25) is 0 Å². The van der Waals surface area contributed by atoms with Crippen molar-refractivity contribution in [2.45, 2.75) is 40.0 Å². The van der Waals surface area contributed by atoms with Crippen molar-refractivity contribution in [3.05, 3.63) is 59.3 Å². The fourth-order valence-corrected chi connectivity index (χ4v) is 2.28. The summed E-state index contributed by atoms with van der Waals surface area (Å²) in [5.41, 5.74) is 5.50. The highest BCUT2D eigenvalue weighted by Crippen LogP contribution is 2.19. The summed E-state index contributed by atoms with van der Waals surface area (Å²) in [6.07, 6.45) is 10.1. The third kappa shape index (κ3) is 3.85. The number of para-hydroxylation sites is 1. The lowest BCUT2D eigenvalue weighted by Gasteiger charge is -1.99. The van der Waals surface area contributed by atoms with Gasteiger partial charge in [-0.3, -0.25) is 0 Å². The molecule has 0 saturated heterocycles. The fourth-order valence-electron chi connectivity index (χ4n) is 2.28. The summed E-state index contributed by atoms with van der Waals surface area (Å²) in [6, 6.07) is 8.49. The van der Waals surface area contributed by atoms with Gasteiger partial charge >= 0.3 is 0 Å². The Bertz CT molecular complexity index is 595. The molecule has 0 aliphatic heterocycles. The Hall–Kier alpha value is -1.76. The highest BCUT2D eigenvalue weighted by molar-refractivity contribution is 5.83. The van der Waals surface area contributed by atoms with Gasteiger partial charge in [0.1, 0.15) is 0 Å². The quantitative estimate of drug-likeness (QED) is 0.686. The van der Waals surface area contributed by atoms with Gasteiger partial charge in [0.05, 0.1) is 0 Å². The van der Waals surface area contributed by atoms with E-state index in [0.717, 1.165) is 19.3 Å². The first-order valence-corrected chi connectivity index (χ1v) is 7.01. The molecule has 1 aromatic heterocycles. The van der Waals surface area contributed by atoms with Crippen molar-refractivity contribution in [3.8, 4) is 0 Å². The van der Waals surface area contributed by atoms with Gasteiger partial charge in [-0.15, -0.1) is 0 Å². The Kier molecular flexibility index (Phi) is 4.62. The van der Waals surface area contributed by atoms with Crippen LogP contribution in [0.4, 0.5) is 0 Å². The zero-order chi connectivity index (χ0) is 13.7. The third-order valence-corrected chi connectivity index (χ3v) is 3.44. The van der Waals surface area contributed by atoms with Crippen LogP contribution in [-0.2, 0) is 6.42 Å². The monoisotopic (exact) mass is 253 g/mol. The van der Waals surface area contributed by atoms with E-state index in [1.165, 1.54) is 27.6 Å². The van der Waals surface area contributed by atoms with E-state index in [-0.39, 0.29) is 0 Å². The Morgan fingerprint density at radius 1 is 1.11 bits per heavy atom. The lowest BCUT2D eigenvalue weighted by atomic mass is 10.1. The van der Waals surface area contributed by atoms with Crippen LogP contribution in [0.2, 0.25) is 0 Å². The Labute approximate surface area is 116 Å². The molecule has 2 aromatic rings. The van der Waals surface area contributed by atoms with Gasteiger partial charge in [-0.05, 0) is 51.7 Å². The van der Waals surface area contributed by atoms with Crippen LogP contribution in [0, 0.1) is 0 Å². The van der Waals surface area contributed by atoms with Crippen LogP contribution in [0.25, 0.3) is 10.9 Å². The molecule has 0 fully saturated rings. The van der Waals surface area contributed by atoms with Crippen LogP contribution in [0.3, 0.4) is 0 Å². The molecule has 1 heterocycles. The molecular weight excluding hydrogens is 230 g/mol. The van der Waals surface area contributed by atoms with Crippen LogP contribution >= 0.6 is 0 Å². The van der Waals surface area contributed by atoms with E-state index in [2.05, 4.69) is 68.4 Å². The van der Waals surface area contributed by atoms with Crippen molar-refractivity contribution < 1.29 is 0 Å². The molecule has 1 nitrogen and oxygen atoms in total. The predicted octanol–water partition coefficient (Wildman–Crippen LogP) is 5.40. The van der Waals surface area contributed by atoms with E-state index < -0.39 is 0 Å². The maximum absolute atomic E-state index is 3.33. The number of allylic oxidation sites excluding steroid dienone is 4. The summed E-state index contributed by atoms with van der Waals surface area (Å²) in [4.78, 5) is 3.33. The van der Waals surface area contributed by atoms with Crippen molar-refractivity contribution in [2.75, 3.05) is 0 Å². The van der Waals surface area contributed by atoms with E-state index in [1.54, 1.807) is 0 Å². The second kappa shape index (κ2) is 6.42. The number of benzene rings is 1. The van der Waals surface area contributed by atoms with Crippen molar-refractivity contribution >= 4 is 10.9 Å². The fraction of sp³-hybridized carbons (Fsp3) is 0.333. The van der Waals surface area contributed by atoms with E-state index in [0.29, 0.717) is 0 Å². The van der Waals surface area contributed by atoms with E-state index >= 15 is 0 Å². The third-order valence-electron chi connectivity index (χ3n) is 3.44. The number of aromatic amines is 1. The van der Waals surface area contributed by atoms with Gasteiger partial charge in [0, 0.05) is 17.1 Å². The molecule has 1 aromatic carbocycles. The van der Waals surface area contributed by atoms with Crippen LogP contribution in [-0.4, -0.2) is 4.98 Å². The lowest BCUT2D eigenvalue weighted by Crippen LogP contribution is -1.82. The summed E-state index contributed by atoms with van der Waals surface area (Å²) in [7, 11) is 0. The largest absolute Gasteiger partial charge is 0.361 e. The maximum Gasteiger partial charge on any atom is 0.0456 e. The van der Waals surface area contributed by atoms with Crippen molar-refractivity contribution in [1.29, 1.82) is 0 Å². The first kappa shape index (κ1) is 13.7. The lowest BCUT2D eigenvalue weighted by molar-refractivity contribution is 0.956. The van der Waals surface area contributed by atoms with Gasteiger partial charge in [0.25, 0.3) is 0 Å². The van der Waals surface area contributed by atoms with E-state index in [4.69, 9.17) is 0 Å². The van der Waals surface area contributed by atoms with Crippen molar-refractivity contribution in [2.24, 2.45) is 0 Å². The number of hydrogen-bond acceptors (Lipinski definition) is 0. The van der Waals surface area contributed by atoms with Crippen LogP contribution in [0.5, 0.6) is 0 Å². The normalized spacial score (nSPS) is 11.8. The number of aromatic nitrogens is 1. The number of rotatable bonds is 5. The van der Waals surface area contributed by atoms with Gasteiger partial charge in [-0.25, -0.2) is 0 Å². The van der Waals surface area contributed by atoms with Crippen LogP contribution in [0.15, 0.2) is 53.8 Å². The standard InChI is InChI=1S/C18H23N/c1-14(2)7-6-8-15(3)11-12-16-13-19-18-10-5-4-9-17(16)18/h4-5,7,9-11,13,19H,6,8,12H2,1-3H3/b15-11+. The Morgan fingerprint density at radius 3 is 2.68 bits per heavy atom. The topological polar surface area (TPSA) is 15.8 Å². The SMILES string of the molecule is CC(C)=CCC/C(C)=C/Cc1c[nH]c2ccccc12. The average molecular weight is 253 g/mol. The zero-order valence-electron chi connectivity index (χ0n) is 12.2. The molecule has 100 valence electrons. The first-order valence-electron chi connectivity index (χ1n) is 7.01. The minimum absolute atomic E-state index is 1.02. The summed E-state index contributed by atoms with van der Waals surface area (Å²) >= 11 is 0.